The maximum atomic E-state index is 14.7. The fourth-order valence-electron chi connectivity index (χ4n) is 7.55. The van der Waals surface area contributed by atoms with Gasteiger partial charge in [0.05, 0.1) is 22.4 Å². The summed E-state index contributed by atoms with van der Waals surface area (Å²) in [6.45, 7) is 12.9. The van der Waals surface area contributed by atoms with Crippen molar-refractivity contribution in [2.24, 2.45) is 0 Å². The molecule has 5 nitrogen and oxygen atoms in total. The summed E-state index contributed by atoms with van der Waals surface area (Å²) in [4.78, 5) is 14.3. The van der Waals surface area contributed by atoms with Gasteiger partial charge < -0.3 is 8.98 Å². The molecule has 0 fully saturated rings. The molecule has 8 heteroatoms. The third-order valence-electron chi connectivity index (χ3n) is 10.6. The SMILES string of the molecule is CCc1ccc2c(n1)oc1c[c-]c(-c3nc4ccccc4n3-c3c(C(C)C)cccc3C(C)C)cc12.[2H]C([2H])([2H])c1cc[c-]c(-c2cc(C(C)C)[c]([Ge]([CH3])([CH3])[CH3])cn2)c1F.[Ir]. The minimum absolute atomic E-state index is 0. The van der Waals surface area contributed by atoms with Crippen LogP contribution >= 0.6 is 0 Å². The molecule has 4 heterocycles. The van der Waals surface area contributed by atoms with Gasteiger partial charge in [-0.3, -0.25) is 4.98 Å². The molecule has 0 unspecified atom stereocenters. The molecular weight excluding hydrogens is 956 g/mol. The molecule has 0 spiro atoms. The first-order valence-electron chi connectivity index (χ1n) is 21.4. The minimum Gasteiger partial charge on any atom is 0 e. The number of aromatic nitrogens is 4. The standard InChI is InChI=1S/C32H30N3O.C18H23FGeN.Ir/c1-6-22-15-16-25-26-18-21(14-17-29(26)36-32(25)33-22)31-34-27-12-7-8-13-28(27)35(31)30-23(19(2)3)10-9-11-24(30)20(4)5;1-12(2)15-10-17(21-11-16(15)20(4,5)6)14-9-7-8-13(3)18(14)19;/h7-13,15-20H,6H2,1-5H3;7-8,10-12H,1-6H3;/q2*-1;/i;3D3;. The Kier molecular flexibility index (Phi) is 11.7. The molecule has 0 atom stereocenters. The van der Waals surface area contributed by atoms with Gasteiger partial charge in [0.25, 0.3) is 0 Å². The van der Waals surface area contributed by atoms with E-state index in [-0.39, 0.29) is 31.2 Å². The second-order valence-electron chi connectivity index (χ2n) is 16.7. The number of fused-ring (bicyclic) bond motifs is 4. The number of aryl methyl sites for hydroxylation is 2. The van der Waals surface area contributed by atoms with Crippen LogP contribution < -0.4 is 4.40 Å². The summed E-state index contributed by atoms with van der Waals surface area (Å²) in [5.41, 5.74) is 10.8. The van der Waals surface area contributed by atoms with E-state index in [0.29, 0.717) is 29.2 Å². The van der Waals surface area contributed by atoms with Gasteiger partial charge in [0.1, 0.15) is 0 Å². The van der Waals surface area contributed by atoms with Crippen LogP contribution in [0, 0.1) is 24.8 Å². The molecule has 58 heavy (non-hydrogen) atoms. The van der Waals surface area contributed by atoms with Gasteiger partial charge in [-0.1, -0.05) is 70.3 Å². The number of pyridine rings is 2. The van der Waals surface area contributed by atoms with Crippen molar-refractivity contribution in [3.63, 3.8) is 0 Å². The molecule has 0 aliphatic heterocycles. The molecule has 301 valence electrons. The number of rotatable bonds is 8. The second kappa shape index (κ2) is 17.4. The Balaban J connectivity index is 0.000000218. The van der Waals surface area contributed by atoms with E-state index in [2.05, 4.69) is 148 Å². The largest absolute Gasteiger partial charge is 0 e. The number of imidazole rings is 1. The Hall–Kier alpha value is -4.43. The smallest absolute Gasteiger partial charge is 0 e. The van der Waals surface area contributed by atoms with Gasteiger partial charge in [0, 0.05) is 36.9 Å². The number of benzene rings is 4. The zero-order valence-corrected chi connectivity index (χ0v) is 39.5. The average molecular weight is 1010 g/mol. The predicted molar refractivity (Wildman–Crippen MR) is 238 cm³/mol. The fraction of sp³-hybridized carbons (Fsp3) is 0.300. The first-order valence-corrected chi connectivity index (χ1v) is 27.3. The summed E-state index contributed by atoms with van der Waals surface area (Å²) in [6.07, 6.45) is 2.72. The van der Waals surface area contributed by atoms with Crippen LogP contribution in [-0.2, 0) is 26.5 Å². The van der Waals surface area contributed by atoms with Gasteiger partial charge in [-0.15, -0.1) is 23.8 Å². The minimum atomic E-state index is -2.49. The number of hydrogen-bond donors (Lipinski definition) is 0. The fourth-order valence-corrected chi connectivity index (χ4v) is 11.1. The Morgan fingerprint density at radius 1 is 0.828 bits per heavy atom. The zero-order chi connectivity index (χ0) is 43.3. The summed E-state index contributed by atoms with van der Waals surface area (Å²) in [7, 11) is 0. The predicted octanol–water partition coefficient (Wildman–Crippen LogP) is 13.3. The van der Waals surface area contributed by atoms with Crippen molar-refractivity contribution < 1.29 is 33.0 Å². The second-order valence-corrected chi connectivity index (χ2v) is 27.3. The van der Waals surface area contributed by atoms with Crippen LogP contribution in [0.3, 0.4) is 0 Å². The molecule has 0 N–H and O–H groups in total. The molecular formula is C50H53FGeIrN4O-2. The summed E-state index contributed by atoms with van der Waals surface area (Å²) in [5, 5.41) is 2.05. The molecule has 0 aliphatic rings. The molecule has 4 aromatic carbocycles. The van der Waals surface area contributed by atoms with Gasteiger partial charge in [0.15, 0.2) is 0 Å². The van der Waals surface area contributed by atoms with Crippen LogP contribution in [0.2, 0.25) is 17.3 Å². The third kappa shape index (κ3) is 8.36. The number of hydrogen-bond acceptors (Lipinski definition) is 4. The normalized spacial score (nSPS) is 12.8. The van der Waals surface area contributed by atoms with Gasteiger partial charge in [-0.2, -0.15) is 0 Å². The topological polar surface area (TPSA) is 56.7 Å². The molecule has 0 saturated heterocycles. The van der Waals surface area contributed by atoms with E-state index in [1.165, 1.54) is 38.9 Å². The van der Waals surface area contributed by atoms with Crippen molar-refractivity contribution in [3.8, 4) is 28.3 Å². The summed E-state index contributed by atoms with van der Waals surface area (Å²) < 4.78 is 46.8. The van der Waals surface area contributed by atoms with E-state index in [9.17, 15) is 4.39 Å². The average Bonchev–Trinajstić information content (AvgIpc) is 3.77. The van der Waals surface area contributed by atoms with E-state index in [1.807, 2.05) is 18.3 Å². The maximum absolute atomic E-state index is 14.7. The Morgan fingerprint density at radius 2 is 1.53 bits per heavy atom. The Bertz CT molecular complexity index is 2830. The number of halogens is 1. The molecule has 0 bridgehead atoms. The van der Waals surface area contributed by atoms with Crippen LogP contribution in [0.15, 0.2) is 95.5 Å². The maximum Gasteiger partial charge on any atom is 0 e. The van der Waals surface area contributed by atoms with Crippen molar-refractivity contribution >= 4 is 50.8 Å². The summed E-state index contributed by atoms with van der Waals surface area (Å²) in [6, 6.07) is 34.2. The Labute approximate surface area is 363 Å². The quantitative estimate of drug-likeness (QED) is 0.112. The Morgan fingerprint density at radius 3 is 2.19 bits per heavy atom. The van der Waals surface area contributed by atoms with E-state index in [4.69, 9.17) is 18.5 Å². The van der Waals surface area contributed by atoms with Crippen molar-refractivity contribution in [2.75, 3.05) is 0 Å². The molecule has 8 rings (SSSR count). The van der Waals surface area contributed by atoms with Crippen LogP contribution in [-0.4, -0.2) is 32.8 Å². The number of para-hydroxylation sites is 3. The van der Waals surface area contributed by atoms with Crippen LogP contribution in [0.25, 0.3) is 61.4 Å². The molecule has 0 saturated carbocycles. The zero-order valence-electron chi connectivity index (χ0n) is 38.0. The molecule has 0 amide bonds. The first-order chi connectivity index (χ1) is 28.4. The van der Waals surface area contributed by atoms with Crippen molar-refractivity contribution in [1.82, 2.24) is 19.5 Å². The first kappa shape index (κ1) is 39.1. The van der Waals surface area contributed by atoms with Crippen LogP contribution in [0.1, 0.15) is 98.3 Å². The molecule has 0 aliphatic carbocycles. The molecule has 1 radical (unpaired) electrons. The van der Waals surface area contributed by atoms with E-state index in [0.717, 1.165) is 50.9 Å². The van der Waals surface area contributed by atoms with Crippen LogP contribution in [0.4, 0.5) is 4.39 Å². The van der Waals surface area contributed by atoms with E-state index in [1.54, 1.807) is 0 Å². The molecule has 4 aromatic heterocycles. The van der Waals surface area contributed by atoms with Gasteiger partial charge in [0.2, 0.25) is 5.71 Å². The van der Waals surface area contributed by atoms with Gasteiger partial charge in [-0.05, 0) is 53.6 Å². The van der Waals surface area contributed by atoms with Gasteiger partial charge in [-0.25, -0.2) is 4.98 Å². The van der Waals surface area contributed by atoms with E-state index < -0.39 is 25.9 Å². The van der Waals surface area contributed by atoms with Crippen molar-refractivity contribution in [3.05, 3.63) is 137 Å². The van der Waals surface area contributed by atoms with E-state index >= 15 is 0 Å². The molecule has 8 aromatic rings. The van der Waals surface area contributed by atoms with Crippen molar-refractivity contribution in [1.29, 1.82) is 0 Å². The number of furan rings is 1. The monoisotopic (exact) mass is 1010 g/mol. The van der Waals surface area contributed by atoms with Crippen molar-refractivity contribution in [2.45, 2.75) is 96.8 Å². The van der Waals surface area contributed by atoms with Gasteiger partial charge >= 0.3 is 134 Å². The number of nitrogens with zero attached hydrogens (tertiary/aromatic N) is 4. The summed E-state index contributed by atoms with van der Waals surface area (Å²) >= 11 is -2.10. The van der Waals surface area contributed by atoms with Crippen LogP contribution in [0.5, 0.6) is 0 Å². The summed E-state index contributed by atoms with van der Waals surface area (Å²) in [5.74, 6) is 8.05. The third-order valence-corrected chi connectivity index (χ3v) is 14.9.